The van der Waals surface area contributed by atoms with E-state index in [-0.39, 0.29) is 36.9 Å². The molecule has 7 nitrogen and oxygen atoms in total. The molecule has 31 heavy (non-hydrogen) atoms. The molecule has 172 valence electrons. The van der Waals surface area contributed by atoms with Gasteiger partial charge in [-0.2, -0.15) is 0 Å². The van der Waals surface area contributed by atoms with E-state index in [1.54, 1.807) is 4.90 Å². The van der Waals surface area contributed by atoms with Crippen molar-refractivity contribution in [3.8, 4) is 0 Å². The van der Waals surface area contributed by atoms with Crippen LogP contribution in [0.4, 0.5) is 10.5 Å². The zero-order chi connectivity index (χ0) is 23.0. The molecule has 0 saturated carbocycles. The molecule has 2 N–H and O–H groups in total. The Labute approximate surface area is 194 Å². The third-order valence-electron chi connectivity index (χ3n) is 5.36. The molecule has 0 bridgehead atoms. The van der Waals surface area contributed by atoms with Gasteiger partial charge in [0.1, 0.15) is 0 Å². The Bertz CT molecular complexity index is 771. The molecule has 1 heterocycles. The summed E-state index contributed by atoms with van der Waals surface area (Å²) in [5.41, 5.74) is 6.12. The highest BCUT2D eigenvalue weighted by Gasteiger charge is 2.40. The monoisotopic (exact) mass is 494 g/mol. The molecule has 0 aliphatic carbocycles. The topological polar surface area (TPSA) is 87.0 Å². The van der Waals surface area contributed by atoms with Crippen molar-refractivity contribution in [2.75, 3.05) is 31.1 Å². The summed E-state index contributed by atoms with van der Waals surface area (Å²) in [6, 6.07) is 7.18. The summed E-state index contributed by atoms with van der Waals surface area (Å²) in [4.78, 5) is 42.9. The number of primary amides is 1. The lowest BCUT2D eigenvalue weighted by molar-refractivity contribution is -0.135. The van der Waals surface area contributed by atoms with E-state index < -0.39 is 5.91 Å². The summed E-state index contributed by atoms with van der Waals surface area (Å²) in [5, 5.41) is 0. The highest BCUT2D eigenvalue weighted by atomic mass is 79.9. The molecule has 0 spiro atoms. The van der Waals surface area contributed by atoms with Gasteiger partial charge in [0.2, 0.25) is 11.8 Å². The van der Waals surface area contributed by atoms with E-state index in [1.165, 1.54) is 4.90 Å². The molecule has 1 aromatic carbocycles. The third kappa shape index (κ3) is 7.23. The molecule has 1 fully saturated rings. The van der Waals surface area contributed by atoms with Gasteiger partial charge in [-0.1, -0.05) is 52.2 Å². The number of carbonyl (C=O) groups excluding carboxylic acids is 3. The molecule has 1 aliphatic rings. The second-order valence-electron chi connectivity index (χ2n) is 8.60. The van der Waals surface area contributed by atoms with Crippen LogP contribution in [0.25, 0.3) is 0 Å². The van der Waals surface area contributed by atoms with E-state index in [1.807, 2.05) is 43.0 Å². The summed E-state index contributed by atoms with van der Waals surface area (Å²) in [6.07, 6.45) is 4.47. The minimum atomic E-state index is -0.531. The van der Waals surface area contributed by atoms with Gasteiger partial charge in [0.25, 0.3) is 0 Å². The summed E-state index contributed by atoms with van der Waals surface area (Å²) < 4.78 is 0.810. The number of carbonyl (C=O) groups is 3. The van der Waals surface area contributed by atoms with Gasteiger partial charge < -0.3 is 15.5 Å². The lowest BCUT2D eigenvalue weighted by atomic mass is 10.1. The van der Waals surface area contributed by atoms with E-state index in [4.69, 9.17) is 5.73 Å². The molecule has 1 unspecified atom stereocenters. The van der Waals surface area contributed by atoms with Crippen LogP contribution in [-0.4, -0.2) is 59.9 Å². The number of anilines is 1. The van der Waals surface area contributed by atoms with Crippen molar-refractivity contribution in [2.45, 2.75) is 58.9 Å². The molecule has 8 heteroatoms. The predicted octanol–water partition coefficient (Wildman–Crippen LogP) is 4.00. The average molecular weight is 495 g/mol. The van der Waals surface area contributed by atoms with Crippen LogP contribution in [0.15, 0.2) is 28.7 Å². The standard InChI is InChI=1S/C23H35BrN4O3/c1-4-5-6-9-12-26-15-18(13-22(30)27(14-17(2)3)16-21(25)29)28(23(26)31)20-11-8-7-10-19(20)24/h7-8,10-11,17-18H,4-6,9,12-16H2,1-3H3,(H2,25,29). The normalized spacial score (nSPS) is 16.3. The molecule has 0 radical (unpaired) electrons. The van der Waals surface area contributed by atoms with Crippen LogP contribution in [0.1, 0.15) is 52.9 Å². The molecular formula is C23H35BrN4O3. The minimum absolute atomic E-state index is 0.0773. The number of urea groups is 1. The van der Waals surface area contributed by atoms with Gasteiger partial charge in [-0.25, -0.2) is 4.79 Å². The lowest BCUT2D eigenvalue weighted by Crippen LogP contribution is -2.44. The highest BCUT2D eigenvalue weighted by molar-refractivity contribution is 9.10. The lowest BCUT2D eigenvalue weighted by Gasteiger charge is -2.28. The van der Waals surface area contributed by atoms with Crippen molar-refractivity contribution in [3.63, 3.8) is 0 Å². The fraction of sp³-hybridized carbons (Fsp3) is 0.609. The molecule has 1 aliphatic heterocycles. The zero-order valence-electron chi connectivity index (χ0n) is 18.8. The Morgan fingerprint density at radius 3 is 2.55 bits per heavy atom. The Kier molecular flexibility index (Phi) is 9.81. The van der Waals surface area contributed by atoms with E-state index in [9.17, 15) is 14.4 Å². The summed E-state index contributed by atoms with van der Waals surface area (Å²) in [5.74, 6) is -0.477. The first-order valence-corrected chi connectivity index (χ1v) is 11.9. The maximum atomic E-state index is 13.3. The van der Waals surface area contributed by atoms with Crippen molar-refractivity contribution in [1.82, 2.24) is 9.80 Å². The van der Waals surface area contributed by atoms with Crippen LogP contribution >= 0.6 is 15.9 Å². The fourth-order valence-corrected chi connectivity index (χ4v) is 4.43. The Morgan fingerprint density at radius 2 is 1.94 bits per heavy atom. The van der Waals surface area contributed by atoms with Crippen LogP contribution in [0.3, 0.4) is 0 Å². The first-order chi connectivity index (χ1) is 14.7. The van der Waals surface area contributed by atoms with Gasteiger partial charge in [-0.3, -0.25) is 14.5 Å². The van der Waals surface area contributed by atoms with Crippen molar-refractivity contribution < 1.29 is 14.4 Å². The predicted molar refractivity (Wildman–Crippen MR) is 127 cm³/mol. The number of amides is 4. The number of hydrogen-bond acceptors (Lipinski definition) is 3. The van der Waals surface area contributed by atoms with Gasteiger partial charge in [-0.15, -0.1) is 0 Å². The van der Waals surface area contributed by atoms with E-state index in [0.29, 0.717) is 19.6 Å². The molecule has 4 amide bonds. The Balaban J connectivity index is 2.21. The van der Waals surface area contributed by atoms with Gasteiger partial charge >= 0.3 is 6.03 Å². The Morgan fingerprint density at radius 1 is 1.23 bits per heavy atom. The number of nitrogens with two attached hydrogens (primary N) is 1. The van der Waals surface area contributed by atoms with Crippen LogP contribution in [0.5, 0.6) is 0 Å². The minimum Gasteiger partial charge on any atom is -0.368 e. The number of para-hydroxylation sites is 1. The number of halogens is 1. The number of hydrogen-bond donors (Lipinski definition) is 1. The average Bonchev–Trinajstić information content (AvgIpc) is 2.99. The fourth-order valence-electron chi connectivity index (χ4n) is 3.96. The van der Waals surface area contributed by atoms with Gasteiger partial charge in [0.15, 0.2) is 0 Å². The number of unbranched alkanes of at least 4 members (excludes halogenated alkanes) is 3. The molecule has 0 aromatic heterocycles. The van der Waals surface area contributed by atoms with Crippen LogP contribution in [0.2, 0.25) is 0 Å². The van der Waals surface area contributed by atoms with Crippen molar-refractivity contribution in [1.29, 1.82) is 0 Å². The second kappa shape index (κ2) is 12.1. The quantitative estimate of drug-likeness (QED) is 0.445. The van der Waals surface area contributed by atoms with Gasteiger partial charge in [0, 0.05) is 30.5 Å². The summed E-state index contributed by atoms with van der Waals surface area (Å²) >= 11 is 3.55. The van der Waals surface area contributed by atoms with E-state index >= 15 is 0 Å². The largest absolute Gasteiger partial charge is 0.368 e. The zero-order valence-corrected chi connectivity index (χ0v) is 20.4. The number of rotatable bonds is 12. The summed E-state index contributed by atoms with van der Waals surface area (Å²) in [6.45, 7) is 7.67. The number of benzene rings is 1. The van der Waals surface area contributed by atoms with E-state index in [2.05, 4.69) is 22.9 Å². The molecular weight excluding hydrogens is 460 g/mol. The van der Waals surface area contributed by atoms with Crippen molar-refractivity contribution >= 4 is 39.5 Å². The summed E-state index contributed by atoms with van der Waals surface area (Å²) in [7, 11) is 0. The maximum absolute atomic E-state index is 13.3. The molecule has 1 atom stereocenters. The van der Waals surface area contributed by atoms with Gasteiger partial charge in [0.05, 0.1) is 18.3 Å². The molecule has 1 aromatic rings. The Hall–Kier alpha value is -2.09. The van der Waals surface area contributed by atoms with Crippen LogP contribution < -0.4 is 10.6 Å². The van der Waals surface area contributed by atoms with Crippen molar-refractivity contribution in [2.24, 2.45) is 11.7 Å². The smallest absolute Gasteiger partial charge is 0.324 e. The number of nitrogens with zero attached hydrogens (tertiary/aromatic N) is 3. The first-order valence-electron chi connectivity index (χ1n) is 11.1. The van der Waals surface area contributed by atoms with Gasteiger partial charge in [-0.05, 0) is 40.4 Å². The molecule has 2 rings (SSSR count). The second-order valence-corrected chi connectivity index (χ2v) is 9.46. The highest BCUT2D eigenvalue weighted by Crippen LogP contribution is 2.33. The molecule has 1 saturated heterocycles. The van der Waals surface area contributed by atoms with Crippen LogP contribution in [0, 0.1) is 5.92 Å². The SMILES string of the molecule is CCCCCCN1CC(CC(=O)N(CC(N)=O)CC(C)C)N(c2ccccc2Br)C1=O. The van der Waals surface area contributed by atoms with E-state index in [0.717, 1.165) is 35.8 Å². The first kappa shape index (κ1) is 25.2. The van der Waals surface area contributed by atoms with Crippen molar-refractivity contribution in [3.05, 3.63) is 28.7 Å². The third-order valence-corrected chi connectivity index (χ3v) is 6.03. The van der Waals surface area contributed by atoms with Crippen LogP contribution in [-0.2, 0) is 9.59 Å². The maximum Gasteiger partial charge on any atom is 0.324 e.